The van der Waals surface area contributed by atoms with Gasteiger partial charge in [0.05, 0.1) is 11.5 Å². The van der Waals surface area contributed by atoms with Crippen molar-refractivity contribution in [3.05, 3.63) is 71.3 Å². The lowest BCUT2D eigenvalue weighted by molar-refractivity contribution is -0.203. The van der Waals surface area contributed by atoms with Crippen LogP contribution in [0, 0.1) is 11.8 Å². The third-order valence-electron chi connectivity index (χ3n) is 6.25. The van der Waals surface area contributed by atoms with E-state index in [9.17, 15) is 13.2 Å². The van der Waals surface area contributed by atoms with Crippen molar-refractivity contribution in [1.29, 1.82) is 0 Å². The van der Waals surface area contributed by atoms with Crippen molar-refractivity contribution in [2.75, 3.05) is 18.1 Å². The number of nitrogens with one attached hydrogen (secondary N) is 2. The highest BCUT2D eigenvalue weighted by Crippen LogP contribution is 2.25. The van der Waals surface area contributed by atoms with Crippen LogP contribution in [0.4, 0.5) is 0 Å². The monoisotopic (exact) mass is 482 g/mol. The van der Waals surface area contributed by atoms with Crippen LogP contribution in [-0.2, 0) is 30.8 Å². The number of hydrogen-bond donors (Lipinski definition) is 2. The Morgan fingerprint density at radius 1 is 1.00 bits per heavy atom. The summed E-state index contributed by atoms with van der Waals surface area (Å²) in [6.45, 7) is 1.02. The van der Waals surface area contributed by atoms with Crippen LogP contribution >= 0.6 is 0 Å². The maximum atomic E-state index is 13.1. The van der Waals surface area contributed by atoms with Gasteiger partial charge in [-0.15, -0.1) is 0 Å². The van der Waals surface area contributed by atoms with E-state index in [0.29, 0.717) is 19.6 Å². The van der Waals surface area contributed by atoms with Crippen LogP contribution in [0.15, 0.2) is 54.6 Å². The second-order valence-corrected chi connectivity index (χ2v) is 11.0. The van der Waals surface area contributed by atoms with E-state index in [1.807, 2.05) is 54.6 Å². The Kier molecular flexibility index (Phi) is 8.01. The largest absolute Gasteiger partial charge is 0.350 e. The Labute approximate surface area is 201 Å². The maximum absolute atomic E-state index is 13.1. The number of amides is 1. The van der Waals surface area contributed by atoms with Crippen LogP contribution in [0.1, 0.15) is 48.8 Å². The van der Waals surface area contributed by atoms with Crippen LogP contribution in [0.25, 0.3) is 0 Å². The van der Waals surface area contributed by atoms with E-state index in [2.05, 4.69) is 22.6 Å². The molecule has 0 radical (unpaired) electrons. The quantitative estimate of drug-likeness (QED) is 0.486. The van der Waals surface area contributed by atoms with Gasteiger partial charge in [0.2, 0.25) is 0 Å². The Bertz CT molecular complexity index is 1120. The molecule has 0 bridgehead atoms. The van der Waals surface area contributed by atoms with Crippen molar-refractivity contribution in [3.63, 3.8) is 0 Å². The van der Waals surface area contributed by atoms with Gasteiger partial charge in [-0.3, -0.25) is 10.1 Å². The van der Waals surface area contributed by atoms with E-state index in [1.54, 1.807) is 0 Å². The smallest absolute Gasteiger partial charge is 0.263 e. The van der Waals surface area contributed by atoms with Gasteiger partial charge in [-0.2, -0.15) is 0 Å². The summed E-state index contributed by atoms with van der Waals surface area (Å²) in [4.78, 5) is 18.6. The van der Waals surface area contributed by atoms with Crippen LogP contribution in [0.3, 0.4) is 0 Å². The predicted molar refractivity (Wildman–Crippen MR) is 129 cm³/mol. The minimum atomic E-state index is -3.14. The summed E-state index contributed by atoms with van der Waals surface area (Å²) >= 11 is 0. The summed E-state index contributed by atoms with van der Waals surface area (Å²) < 4.78 is 29.5. The highest BCUT2D eigenvalue weighted by Gasteiger charge is 2.43. The number of sulfone groups is 1. The van der Waals surface area contributed by atoms with Crippen LogP contribution < -0.4 is 10.8 Å². The van der Waals surface area contributed by atoms with Crippen LogP contribution in [0.2, 0.25) is 0 Å². The van der Waals surface area contributed by atoms with Gasteiger partial charge in [-0.25, -0.2) is 18.7 Å². The molecule has 1 unspecified atom stereocenters. The molecule has 2 aliphatic heterocycles. The molecule has 180 valence electrons. The Morgan fingerprint density at radius 3 is 2.32 bits per heavy atom. The lowest BCUT2D eigenvalue weighted by Gasteiger charge is -2.37. The molecule has 1 amide bonds. The third-order valence-corrected chi connectivity index (χ3v) is 7.90. The Morgan fingerprint density at radius 2 is 1.68 bits per heavy atom. The summed E-state index contributed by atoms with van der Waals surface area (Å²) in [6, 6.07) is 17.6. The maximum Gasteiger partial charge on any atom is 0.263 e. The molecule has 2 aromatic rings. The molecule has 1 atom stereocenters. The summed E-state index contributed by atoms with van der Waals surface area (Å²) in [7, 11) is -3.14. The molecule has 2 heterocycles. The average molecular weight is 483 g/mol. The van der Waals surface area contributed by atoms with E-state index < -0.39 is 21.7 Å². The molecule has 2 aromatic carbocycles. The minimum Gasteiger partial charge on any atom is -0.350 e. The van der Waals surface area contributed by atoms with E-state index in [0.717, 1.165) is 29.5 Å². The SMILES string of the molecule is O=C(NOC1CCCCO1)C1(NCc2ccc(C#Cc3ccccc3)cc2)CCS(=O)(=O)CC1. The lowest BCUT2D eigenvalue weighted by atomic mass is 9.91. The molecule has 0 aromatic heterocycles. The Balaban J connectivity index is 1.39. The summed E-state index contributed by atoms with van der Waals surface area (Å²) in [6.07, 6.45) is 2.59. The fourth-order valence-corrected chi connectivity index (χ4v) is 5.56. The highest BCUT2D eigenvalue weighted by atomic mass is 32.2. The first kappa shape index (κ1) is 24.4. The molecule has 7 nitrogen and oxygen atoms in total. The van der Waals surface area contributed by atoms with Gasteiger partial charge >= 0.3 is 0 Å². The second kappa shape index (κ2) is 11.2. The third kappa shape index (κ3) is 6.67. The summed E-state index contributed by atoms with van der Waals surface area (Å²) in [5.74, 6) is 5.84. The van der Waals surface area contributed by atoms with E-state index in [-0.39, 0.29) is 30.3 Å². The normalized spacial score (nSPS) is 21.1. The number of hydrogen-bond acceptors (Lipinski definition) is 6. The summed E-state index contributed by atoms with van der Waals surface area (Å²) in [5, 5.41) is 3.32. The molecule has 0 saturated carbocycles. The van der Waals surface area contributed by atoms with Crippen molar-refractivity contribution in [2.24, 2.45) is 0 Å². The number of rotatable bonds is 6. The van der Waals surface area contributed by atoms with Gasteiger partial charge in [0, 0.05) is 30.7 Å². The van der Waals surface area contributed by atoms with E-state index in [4.69, 9.17) is 9.57 Å². The molecular weight excluding hydrogens is 452 g/mol. The molecule has 8 heteroatoms. The van der Waals surface area contributed by atoms with Crippen molar-refractivity contribution < 1.29 is 22.8 Å². The summed E-state index contributed by atoms with van der Waals surface area (Å²) in [5.41, 5.74) is 4.33. The molecule has 2 aliphatic rings. The number of ether oxygens (including phenoxy) is 1. The van der Waals surface area contributed by atoms with E-state index in [1.165, 1.54) is 0 Å². The zero-order valence-electron chi connectivity index (χ0n) is 19.1. The first-order chi connectivity index (χ1) is 16.4. The van der Waals surface area contributed by atoms with Crippen LogP contribution in [0.5, 0.6) is 0 Å². The van der Waals surface area contributed by atoms with Gasteiger partial charge < -0.3 is 4.74 Å². The van der Waals surface area contributed by atoms with E-state index >= 15 is 0 Å². The number of carbonyl (C=O) groups is 1. The van der Waals surface area contributed by atoms with Gasteiger partial charge in [0.25, 0.3) is 5.91 Å². The average Bonchev–Trinajstić information content (AvgIpc) is 2.87. The fraction of sp³-hybridized carbons (Fsp3) is 0.423. The fourth-order valence-electron chi connectivity index (χ4n) is 4.03. The van der Waals surface area contributed by atoms with Crippen molar-refractivity contribution >= 4 is 15.7 Å². The molecule has 4 rings (SSSR count). The molecule has 0 aliphatic carbocycles. The topological polar surface area (TPSA) is 93.7 Å². The van der Waals surface area contributed by atoms with Crippen molar-refractivity contribution in [1.82, 2.24) is 10.8 Å². The number of benzene rings is 2. The van der Waals surface area contributed by atoms with Gasteiger partial charge in [-0.05, 0) is 55.5 Å². The molecule has 34 heavy (non-hydrogen) atoms. The highest BCUT2D eigenvalue weighted by molar-refractivity contribution is 7.91. The molecule has 2 saturated heterocycles. The van der Waals surface area contributed by atoms with Crippen LogP contribution in [-0.4, -0.2) is 44.3 Å². The van der Waals surface area contributed by atoms with Gasteiger partial charge in [-0.1, -0.05) is 42.2 Å². The van der Waals surface area contributed by atoms with Crippen molar-refractivity contribution in [3.8, 4) is 11.8 Å². The van der Waals surface area contributed by atoms with Gasteiger partial charge in [0.1, 0.15) is 15.4 Å². The first-order valence-corrected chi connectivity index (χ1v) is 13.5. The zero-order valence-corrected chi connectivity index (χ0v) is 19.9. The molecule has 0 spiro atoms. The number of hydroxylamine groups is 1. The first-order valence-electron chi connectivity index (χ1n) is 11.6. The van der Waals surface area contributed by atoms with Crippen molar-refractivity contribution in [2.45, 2.75) is 50.5 Å². The molecule has 2 N–H and O–H groups in total. The standard InChI is InChI=1S/C26H30N2O5S/c29-25(28-33-24-8-4-5-17-32-24)26(15-18-34(30,31)19-16-26)27-20-23-13-11-22(12-14-23)10-9-21-6-2-1-3-7-21/h1-3,6-7,11-14,24,27H,4-5,8,15-20H2,(H,28,29). The van der Waals surface area contributed by atoms with Gasteiger partial charge in [0.15, 0.2) is 6.29 Å². The lowest BCUT2D eigenvalue weighted by Crippen LogP contribution is -2.60. The second-order valence-electron chi connectivity index (χ2n) is 8.75. The predicted octanol–water partition coefficient (Wildman–Crippen LogP) is 2.70. The zero-order chi connectivity index (χ0) is 23.9. The Hall–Kier alpha value is -2.70. The minimum absolute atomic E-state index is 0.0403. The number of carbonyl (C=O) groups excluding carboxylic acids is 1. The molecule has 2 fully saturated rings. The molecular formula is C26H30N2O5S.